The number of nitro groups is 1. The van der Waals surface area contributed by atoms with Crippen LogP contribution in [0.25, 0.3) is 0 Å². The van der Waals surface area contributed by atoms with E-state index in [1.54, 1.807) is 44.4 Å². The van der Waals surface area contributed by atoms with Gasteiger partial charge in [0.15, 0.2) is 16.6 Å². The highest BCUT2D eigenvalue weighted by Crippen LogP contribution is 2.30. The van der Waals surface area contributed by atoms with E-state index in [1.165, 1.54) is 13.2 Å². The third-order valence-electron chi connectivity index (χ3n) is 3.24. The molecule has 0 spiro atoms. The lowest BCUT2D eigenvalue weighted by atomic mass is 10.2. The first kappa shape index (κ1) is 17.5. The van der Waals surface area contributed by atoms with Crippen LogP contribution in [0.5, 0.6) is 11.5 Å². The molecule has 0 aliphatic rings. The summed E-state index contributed by atoms with van der Waals surface area (Å²) in [5.41, 5.74) is 1.75. The van der Waals surface area contributed by atoms with Crippen molar-refractivity contribution in [1.82, 2.24) is 0 Å². The molecule has 126 valence electrons. The molecular formula is C16H17N3O4S. The summed E-state index contributed by atoms with van der Waals surface area (Å²) in [6, 6.07) is 10.1. The van der Waals surface area contributed by atoms with Crippen molar-refractivity contribution in [2.45, 2.75) is 6.92 Å². The number of hydrogen-bond acceptors (Lipinski definition) is 5. The van der Waals surface area contributed by atoms with E-state index in [1.807, 2.05) is 0 Å². The molecular weight excluding hydrogens is 330 g/mol. The smallest absolute Gasteiger partial charge is 0.292 e. The third-order valence-corrected chi connectivity index (χ3v) is 3.44. The van der Waals surface area contributed by atoms with Gasteiger partial charge in [-0.3, -0.25) is 10.1 Å². The molecule has 8 heteroatoms. The van der Waals surface area contributed by atoms with Gasteiger partial charge in [0, 0.05) is 17.8 Å². The van der Waals surface area contributed by atoms with Gasteiger partial charge in [-0.15, -0.1) is 0 Å². The fraction of sp³-hybridized carbons (Fsp3) is 0.188. The predicted octanol–water partition coefficient (Wildman–Crippen LogP) is 3.73. The Kier molecular flexibility index (Phi) is 5.54. The molecule has 0 amide bonds. The minimum atomic E-state index is -0.450. The predicted molar refractivity (Wildman–Crippen MR) is 97.2 cm³/mol. The van der Waals surface area contributed by atoms with Crippen LogP contribution in [0.1, 0.15) is 5.56 Å². The summed E-state index contributed by atoms with van der Waals surface area (Å²) in [6.07, 6.45) is 0. The van der Waals surface area contributed by atoms with Crippen molar-refractivity contribution >= 4 is 34.4 Å². The topological polar surface area (TPSA) is 85.7 Å². The van der Waals surface area contributed by atoms with Crippen LogP contribution in [-0.4, -0.2) is 24.3 Å². The first-order chi connectivity index (χ1) is 11.4. The Morgan fingerprint density at radius 1 is 1.08 bits per heavy atom. The normalized spacial score (nSPS) is 9.96. The lowest BCUT2D eigenvalue weighted by Gasteiger charge is -2.13. The molecule has 0 aliphatic heterocycles. The van der Waals surface area contributed by atoms with Crippen LogP contribution in [-0.2, 0) is 0 Å². The number of thiocarbonyl (C=S) groups is 1. The molecule has 0 unspecified atom stereocenters. The summed E-state index contributed by atoms with van der Waals surface area (Å²) < 4.78 is 10.4. The summed E-state index contributed by atoms with van der Waals surface area (Å²) in [4.78, 5) is 10.7. The van der Waals surface area contributed by atoms with Crippen LogP contribution in [0.4, 0.5) is 17.1 Å². The van der Waals surface area contributed by atoms with Crippen LogP contribution >= 0.6 is 12.2 Å². The van der Waals surface area contributed by atoms with Gasteiger partial charge in [-0.2, -0.15) is 0 Å². The molecule has 0 saturated heterocycles. The number of methoxy groups -OCH3 is 2. The van der Waals surface area contributed by atoms with Gasteiger partial charge in [-0.1, -0.05) is 6.07 Å². The Morgan fingerprint density at radius 2 is 1.79 bits per heavy atom. The number of benzene rings is 2. The van der Waals surface area contributed by atoms with Crippen molar-refractivity contribution in [1.29, 1.82) is 0 Å². The zero-order chi connectivity index (χ0) is 17.7. The van der Waals surface area contributed by atoms with Crippen molar-refractivity contribution in [3.63, 3.8) is 0 Å². The Balaban J connectivity index is 2.16. The second kappa shape index (κ2) is 7.60. The molecule has 2 aromatic rings. The highest BCUT2D eigenvalue weighted by atomic mass is 32.1. The molecule has 2 N–H and O–H groups in total. The zero-order valence-corrected chi connectivity index (χ0v) is 14.3. The Bertz CT molecular complexity index is 780. The lowest BCUT2D eigenvalue weighted by Crippen LogP contribution is -2.19. The number of anilines is 2. The van der Waals surface area contributed by atoms with Crippen LogP contribution in [0.3, 0.4) is 0 Å². The first-order valence-electron chi connectivity index (χ1n) is 6.99. The monoisotopic (exact) mass is 347 g/mol. The molecule has 0 saturated carbocycles. The minimum absolute atomic E-state index is 0.0357. The van der Waals surface area contributed by atoms with Crippen LogP contribution in [0, 0.1) is 17.0 Å². The van der Waals surface area contributed by atoms with Gasteiger partial charge >= 0.3 is 0 Å². The number of nitrogens with zero attached hydrogens (tertiary/aromatic N) is 1. The van der Waals surface area contributed by atoms with Crippen molar-refractivity contribution in [2.24, 2.45) is 0 Å². The molecule has 2 aromatic carbocycles. The number of ether oxygens (including phenoxy) is 2. The Labute approximate surface area is 144 Å². The minimum Gasteiger partial charge on any atom is -0.493 e. The second-order valence-electron chi connectivity index (χ2n) is 4.93. The number of aryl methyl sites for hydroxylation is 1. The standard InChI is InChI=1S/C16H17N3O4S/c1-10-4-6-12(13(8-10)19(20)21)18-16(24)17-11-5-7-14(22-2)15(9-11)23-3/h4-9H,1-3H3,(H2,17,18,24). The quantitative estimate of drug-likeness (QED) is 0.484. The Hall–Kier alpha value is -2.87. The second-order valence-corrected chi connectivity index (χ2v) is 5.33. The SMILES string of the molecule is COc1ccc(NC(=S)Nc2ccc(C)cc2[N+](=O)[O-])cc1OC. The van der Waals surface area contributed by atoms with Crippen LogP contribution in [0.2, 0.25) is 0 Å². The van der Waals surface area contributed by atoms with E-state index in [-0.39, 0.29) is 10.8 Å². The maximum absolute atomic E-state index is 11.1. The molecule has 0 atom stereocenters. The molecule has 0 bridgehead atoms. The maximum Gasteiger partial charge on any atom is 0.292 e. The van der Waals surface area contributed by atoms with Gasteiger partial charge < -0.3 is 20.1 Å². The van der Waals surface area contributed by atoms with Gasteiger partial charge in [-0.25, -0.2) is 0 Å². The summed E-state index contributed by atoms with van der Waals surface area (Å²) in [5, 5.41) is 17.2. The molecule has 24 heavy (non-hydrogen) atoms. The molecule has 0 radical (unpaired) electrons. The highest BCUT2D eigenvalue weighted by Gasteiger charge is 2.15. The maximum atomic E-state index is 11.1. The summed E-state index contributed by atoms with van der Waals surface area (Å²) in [7, 11) is 3.08. The zero-order valence-electron chi connectivity index (χ0n) is 13.5. The van der Waals surface area contributed by atoms with Gasteiger partial charge in [0.1, 0.15) is 5.69 Å². The van der Waals surface area contributed by atoms with E-state index in [0.29, 0.717) is 22.9 Å². The molecule has 7 nitrogen and oxygen atoms in total. The molecule has 0 aliphatic carbocycles. The van der Waals surface area contributed by atoms with E-state index in [0.717, 1.165) is 5.56 Å². The fourth-order valence-corrected chi connectivity index (χ4v) is 2.32. The van der Waals surface area contributed by atoms with Crippen LogP contribution < -0.4 is 20.1 Å². The molecule has 2 rings (SSSR count). The Morgan fingerprint density at radius 3 is 2.42 bits per heavy atom. The van der Waals surface area contributed by atoms with Crippen molar-refractivity contribution in [3.8, 4) is 11.5 Å². The fourth-order valence-electron chi connectivity index (χ4n) is 2.10. The number of nitro benzene ring substituents is 1. The highest BCUT2D eigenvalue weighted by molar-refractivity contribution is 7.80. The molecule has 0 heterocycles. The summed E-state index contributed by atoms with van der Waals surface area (Å²) >= 11 is 5.22. The van der Waals surface area contributed by atoms with Gasteiger partial charge in [-0.05, 0) is 42.9 Å². The molecule has 0 aromatic heterocycles. The summed E-state index contributed by atoms with van der Waals surface area (Å²) in [5.74, 6) is 1.14. The van der Waals surface area contributed by atoms with E-state index in [9.17, 15) is 10.1 Å². The van der Waals surface area contributed by atoms with E-state index in [4.69, 9.17) is 21.7 Å². The third kappa shape index (κ3) is 4.11. The van der Waals surface area contributed by atoms with Crippen molar-refractivity contribution in [2.75, 3.05) is 24.9 Å². The lowest BCUT2D eigenvalue weighted by molar-refractivity contribution is -0.383. The van der Waals surface area contributed by atoms with E-state index >= 15 is 0 Å². The largest absolute Gasteiger partial charge is 0.493 e. The van der Waals surface area contributed by atoms with Gasteiger partial charge in [0.05, 0.1) is 19.1 Å². The van der Waals surface area contributed by atoms with E-state index in [2.05, 4.69) is 10.6 Å². The van der Waals surface area contributed by atoms with Crippen LogP contribution in [0.15, 0.2) is 36.4 Å². The number of hydrogen-bond donors (Lipinski definition) is 2. The average Bonchev–Trinajstić information content (AvgIpc) is 2.56. The average molecular weight is 347 g/mol. The van der Waals surface area contributed by atoms with Crippen molar-refractivity contribution < 1.29 is 14.4 Å². The number of nitrogens with one attached hydrogen (secondary N) is 2. The number of rotatable bonds is 5. The summed E-state index contributed by atoms with van der Waals surface area (Å²) in [6.45, 7) is 1.79. The first-order valence-corrected chi connectivity index (χ1v) is 7.40. The molecule has 0 fully saturated rings. The van der Waals surface area contributed by atoms with Gasteiger partial charge in [0.25, 0.3) is 5.69 Å². The van der Waals surface area contributed by atoms with Gasteiger partial charge in [0.2, 0.25) is 0 Å². The van der Waals surface area contributed by atoms with E-state index < -0.39 is 4.92 Å². The van der Waals surface area contributed by atoms with Crippen molar-refractivity contribution in [3.05, 3.63) is 52.1 Å².